The van der Waals surface area contributed by atoms with Crippen LogP contribution < -0.4 is 23.7 Å². The lowest BCUT2D eigenvalue weighted by atomic mass is 9.66. The standard InChI is InChI=1S/C69H52O6/c1-40-15-19-48(31-44(40)5)71-52-23-27-56-57-28-24-53(37-61(57)68(70)60(56)36-52)73-50-21-17-42(3)46(34-50)33-47-35-51(22-18-43(47)4)74-55-26-30-65-67(39-55)75-66-38-54(72-49-20-16-41(2)45(6)32-49)25-29-64(66)69(65)62-13-9-7-11-58(62)59-12-8-10-14-63(59)69/h7-32,34-39H,33H2,1-6H3. The van der Waals surface area contributed by atoms with E-state index in [1.165, 1.54) is 38.9 Å². The predicted octanol–water partition coefficient (Wildman–Crippen LogP) is 18.0. The molecule has 75 heavy (non-hydrogen) atoms. The maximum atomic E-state index is 13.9. The second-order valence-electron chi connectivity index (χ2n) is 20.3. The Morgan fingerprint density at radius 3 is 1.12 bits per heavy atom. The summed E-state index contributed by atoms with van der Waals surface area (Å²) in [5.74, 6) is 6.92. The Labute approximate surface area is 437 Å². The summed E-state index contributed by atoms with van der Waals surface area (Å²) in [4.78, 5) is 13.9. The van der Waals surface area contributed by atoms with E-state index in [0.717, 1.165) is 78.8 Å². The molecule has 1 spiro atoms. The van der Waals surface area contributed by atoms with Crippen molar-refractivity contribution in [1.29, 1.82) is 0 Å². The minimum Gasteiger partial charge on any atom is -0.457 e. The third-order valence-electron chi connectivity index (χ3n) is 15.6. The van der Waals surface area contributed by atoms with Crippen molar-refractivity contribution in [3.8, 4) is 79.7 Å². The summed E-state index contributed by atoms with van der Waals surface area (Å²) in [5.41, 5.74) is 18.6. The molecule has 0 fully saturated rings. The van der Waals surface area contributed by atoms with Gasteiger partial charge in [-0.15, -0.1) is 0 Å². The van der Waals surface area contributed by atoms with Crippen LogP contribution in [-0.2, 0) is 11.8 Å². The van der Waals surface area contributed by atoms with Gasteiger partial charge < -0.3 is 23.7 Å². The van der Waals surface area contributed by atoms with Crippen LogP contribution in [0.2, 0.25) is 0 Å². The first-order valence-electron chi connectivity index (χ1n) is 25.5. The average molecular weight is 977 g/mol. The first kappa shape index (κ1) is 45.7. The SMILES string of the molecule is Cc1ccc(Oc2ccc3c(c2)Oc2cc(Oc4ccc(C)c(Cc5cc(Oc6ccc7c(c6)C(=O)c6cc(Oc8ccc(C)c(C)c8)ccc6-7)ccc5C)c4)ccc2C32c3ccccc3-c3ccccc32)cc1C. The molecule has 6 nitrogen and oxygen atoms in total. The summed E-state index contributed by atoms with van der Waals surface area (Å²) in [5, 5.41) is 0. The van der Waals surface area contributed by atoms with E-state index < -0.39 is 5.41 Å². The summed E-state index contributed by atoms with van der Waals surface area (Å²) < 4.78 is 32.9. The van der Waals surface area contributed by atoms with Gasteiger partial charge in [-0.25, -0.2) is 0 Å². The number of ether oxygens (including phenoxy) is 5. The van der Waals surface area contributed by atoms with Crippen LogP contribution in [0.4, 0.5) is 0 Å². The maximum Gasteiger partial charge on any atom is 0.194 e. The summed E-state index contributed by atoms with van der Waals surface area (Å²) in [6.07, 6.45) is 0.661. The molecule has 1 heterocycles. The molecule has 2 aliphatic carbocycles. The molecular weight excluding hydrogens is 925 g/mol. The fraction of sp³-hybridized carbons (Fsp3) is 0.116. The van der Waals surface area contributed by atoms with Crippen molar-refractivity contribution >= 4 is 5.78 Å². The smallest absolute Gasteiger partial charge is 0.194 e. The molecule has 0 radical (unpaired) electrons. The Morgan fingerprint density at radius 1 is 0.320 bits per heavy atom. The van der Waals surface area contributed by atoms with E-state index in [2.05, 4.69) is 151 Å². The molecule has 0 atom stereocenters. The van der Waals surface area contributed by atoms with Crippen molar-refractivity contribution in [3.05, 3.63) is 272 Å². The zero-order chi connectivity index (χ0) is 51.1. The summed E-state index contributed by atoms with van der Waals surface area (Å²) in [7, 11) is 0. The average Bonchev–Trinajstić information content (AvgIpc) is 3.91. The minimum absolute atomic E-state index is 0.0472. The quantitative estimate of drug-likeness (QED) is 0.136. The highest BCUT2D eigenvalue weighted by molar-refractivity contribution is 6.22. The summed E-state index contributed by atoms with van der Waals surface area (Å²) >= 11 is 0. The van der Waals surface area contributed by atoms with E-state index in [0.29, 0.717) is 46.3 Å². The van der Waals surface area contributed by atoms with Crippen LogP contribution in [0.1, 0.15) is 82.7 Å². The van der Waals surface area contributed by atoms with Gasteiger partial charge >= 0.3 is 0 Å². The van der Waals surface area contributed by atoms with Crippen LogP contribution >= 0.6 is 0 Å². The number of ketones is 1. The van der Waals surface area contributed by atoms with Gasteiger partial charge in [0.05, 0.1) is 5.41 Å². The molecule has 6 heteroatoms. The van der Waals surface area contributed by atoms with Crippen molar-refractivity contribution in [2.75, 3.05) is 0 Å². The number of benzene rings is 10. The Bertz CT molecular complexity index is 3970. The normalized spacial score (nSPS) is 13.0. The van der Waals surface area contributed by atoms with Crippen molar-refractivity contribution in [3.63, 3.8) is 0 Å². The molecule has 10 aromatic rings. The Balaban J connectivity index is 0.767. The first-order valence-corrected chi connectivity index (χ1v) is 25.5. The van der Waals surface area contributed by atoms with E-state index >= 15 is 0 Å². The second kappa shape index (κ2) is 17.8. The fourth-order valence-corrected chi connectivity index (χ4v) is 11.3. The van der Waals surface area contributed by atoms with Crippen molar-refractivity contribution in [2.24, 2.45) is 0 Å². The number of hydrogen-bond donors (Lipinski definition) is 0. The minimum atomic E-state index is -0.632. The molecule has 0 amide bonds. The van der Waals surface area contributed by atoms with Gasteiger partial charge in [0.2, 0.25) is 0 Å². The van der Waals surface area contributed by atoms with Gasteiger partial charge in [0.25, 0.3) is 0 Å². The van der Waals surface area contributed by atoms with Crippen LogP contribution in [0.25, 0.3) is 22.3 Å². The number of aryl methyl sites for hydroxylation is 6. The lowest BCUT2D eigenvalue weighted by Crippen LogP contribution is -2.32. The molecule has 3 aliphatic rings. The van der Waals surface area contributed by atoms with Gasteiger partial charge in [0, 0.05) is 34.4 Å². The third-order valence-corrected chi connectivity index (χ3v) is 15.6. The zero-order valence-corrected chi connectivity index (χ0v) is 42.6. The first-order chi connectivity index (χ1) is 36.5. The monoisotopic (exact) mass is 976 g/mol. The maximum absolute atomic E-state index is 13.9. The molecular formula is C69H52O6. The highest BCUT2D eigenvalue weighted by Crippen LogP contribution is 2.63. The van der Waals surface area contributed by atoms with Gasteiger partial charge in [-0.05, 0) is 223 Å². The number of carbonyl (C=O) groups is 1. The number of hydrogen-bond acceptors (Lipinski definition) is 6. The number of carbonyl (C=O) groups excluding carboxylic acids is 1. The third kappa shape index (κ3) is 7.84. The van der Waals surface area contributed by atoms with Crippen molar-refractivity contribution < 1.29 is 28.5 Å². The molecule has 1 aliphatic heterocycles. The molecule has 10 aromatic carbocycles. The largest absolute Gasteiger partial charge is 0.457 e. The highest BCUT2D eigenvalue weighted by atomic mass is 16.5. The number of rotatable bonds is 10. The van der Waals surface area contributed by atoms with Crippen molar-refractivity contribution in [2.45, 2.75) is 53.4 Å². The molecule has 0 aromatic heterocycles. The molecule has 0 saturated carbocycles. The van der Waals surface area contributed by atoms with E-state index in [1.54, 1.807) is 0 Å². The molecule has 13 rings (SSSR count). The van der Waals surface area contributed by atoms with E-state index in [4.69, 9.17) is 23.7 Å². The lowest BCUT2D eigenvalue weighted by molar-refractivity contribution is 0.104. The lowest BCUT2D eigenvalue weighted by Gasteiger charge is -2.39. The summed E-state index contributed by atoms with van der Waals surface area (Å²) in [6, 6.07) is 66.0. The highest BCUT2D eigenvalue weighted by Gasteiger charge is 2.51. The van der Waals surface area contributed by atoms with Crippen LogP contribution in [0.5, 0.6) is 57.5 Å². The van der Waals surface area contributed by atoms with E-state index in [-0.39, 0.29) is 5.78 Å². The summed E-state index contributed by atoms with van der Waals surface area (Å²) in [6.45, 7) is 12.6. The van der Waals surface area contributed by atoms with Crippen molar-refractivity contribution in [1.82, 2.24) is 0 Å². The topological polar surface area (TPSA) is 63.2 Å². The Kier molecular flexibility index (Phi) is 10.9. The van der Waals surface area contributed by atoms with Gasteiger partial charge in [-0.2, -0.15) is 0 Å². The van der Waals surface area contributed by atoms with Gasteiger partial charge in [-0.1, -0.05) is 84.9 Å². The van der Waals surface area contributed by atoms with Gasteiger partial charge in [0.1, 0.15) is 57.5 Å². The molecule has 0 unspecified atom stereocenters. The van der Waals surface area contributed by atoms with Crippen LogP contribution in [0.3, 0.4) is 0 Å². The molecule has 0 saturated heterocycles. The van der Waals surface area contributed by atoms with Gasteiger partial charge in [0.15, 0.2) is 5.78 Å². The predicted molar refractivity (Wildman–Crippen MR) is 296 cm³/mol. The number of fused-ring (bicyclic) bond motifs is 12. The second-order valence-corrected chi connectivity index (χ2v) is 20.3. The zero-order valence-electron chi connectivity index (χ0n) is 42.6. The van der Waals surface area contributed by atoms with E-state index in [9.17, 15) is 4.79 Å². The van der Waals surface area contributed by atoms with Crippen LogP contribution in [-0.4, -0.2) is 5.78 Å². The van der Waals surface area contributed by atoms with E-state index in [1.807, 2.05) is 84.9 Å². The fourth-order valence-electron chi connectivity index (χ4n) is 11.3. The van der Waals surface area contributed by atoms with Crippen LogP contribution in [0.15, 0.2) is 194 Å². The Morgan fingerprint density at radius 2 is 0.680 bits per heavy atom. The Hall–Kier alpha value is -9.13. The molecule has 0 bridgehead atoms. The molecule has 364 valence electrons. The molecule has 0 N–H and O–H groups in total. The van der Waals surface area contributed by atoms with Gasteiger partial charge in [-0.3, -0.25) is 4.79 Å². The van der Waals surface area contributed by atoms with Crippen LogP contribution in [0, 0.1) is 41.5 Å².